The number of aromatic nitrogens is 2. The minimum absolute atomic E-state index is 0.0360. The van der Waals surface area contributed by atoms with Crippen molar-refractivity contribution in [3.63, 3.8) is 0 Å². The minimum Gasteiger partial charge on any atom is -0.335 e. The molecule has 0 aliphatic carbocycles. The number of piperazine rings is 1. The number of halogens is 1. The number of hydrogen-bond donors (Lipinski definition) is 0. The Morgan fingerprint density at radius 3 is 2.55 bits per heavy atom. The summed E-state index contributed by atoms with van der Waals surface area (Å²) < 4.78 is 15.3. The van der Waals surface area contributed by atoms with Crippen molar-refractivity contribution in [2.45, 2.75) is 6.54 Å². The van der Waals surface area contributed by atoms with Gasteiger partial charge in [-0.2, -0.15) is 5.10 Å². The molecule has 2 heterocycles. The van der Waals surface area contributed by atoms with Crippen LogP contribution in [0.2, 0.25) is 0 Å². The summed E-state index contributed by atoms with van der Waals surface area (Å²) >= 11 is 0. The molecule has 1 aliphatic heterocycles. The summed E-state index contributed by atoms with van der Waals surface area (Å²) in [7, 11) is 1.79. The normalized spacial score (nSPS) is 16.0. The van der Waals surface area contributed by atoms with Gasteiger partial charge in [0, 0.05) is 51.5 Å². The van der Waals surface area contributed by atoms with Gasteiger partial charge in [0.1, 0.15) is 11.5 Å². The van der Waals surface area contributed by atoms with Crippen LogP contribution in [0.25, 0.3) is 0 Å². The first-order valence-electron chi connectivity index (χ1n) is 7.38. The largest absolute Gasteiger partial charge is 0.335 e. The van der Waals surface area contributed by atoms with Crippen molar-refractivity contribution in [3.8, 4) is 0 Å². The fourth-order valence-corrected chi connectivity index (χ4v) is 2.67. The summed E-state index contributed by atoms with van der Waals surface area (Å²) in [5.41, 5.74) is 1.18. The van der Waals surface area contributed by atoms with Crippen molar-refractivity contribution in [2.75, 3.05) is 26.2 Å². The van der Waals surface area contributed by atoms with E-state index in [2.05, 4.69) is 10.00 Å². The molecule has 0 saturated carbocycles. The van der Waals surface area contributed by atoms with Gasteiger partial charge in [-0.3, -0.25) is 14.4 Å². The van der Waals surface area contributed by atoms with Crippen LogP contribution in [0.5, 0.6) is 0 Å². The van der Waals surface area contributed by atoms with Crippen LogP contribution < -0.4 is 0 Å². The lowest BCUT2D eigenvalue weighted by molar-refractivity contribution is 0.0620. The summed E-state index contributed by atoms with van der Waals surface area (Å²) in [6, 6.07) is 8.56. The second kappa shape index (κ2) is 6.27. The van der Waals surface area contributed by atoms with Crippen molar-refractivity contribution in [1.82, 2.24) is 19.6 Å². The predicted molar refractivity (Wildman–Crippen MR) is 80.8 cm³/mol. The summed E-state index contributed by atoms with van der Waals surface area (Å²) in [5, 5.41) is 4.15. The van der Waals surface area contributed by atoms with E-state index in [0.29, 0.717) is 30.9 Å². The SMILES string of the molecule is Cn1ccc(C(=O)N2CCN(Cc3ccccc3F)CC2)n1. The Morgan fingerprint density at radius 2 is 1.91 bits per heavy atom. The molecule has 2 aromatic rings. The lowest BCUT2D eigenvalue weighted by atomic mass is 10.2. The van der Waals surface area contributed by atoms with Crippen LogP contribution in [-0.4, -0.2) is 51.7 Å². The second-order valence-electron chi connectivity index (χ2n) is 5.53. The molecule has 0 bridgehead atoms. The molecule has 1 aromatic carbocycles. The Balaban J connectivity index is 1.56. The molecule has 0 spiro atoms. The lowest BCUT2D eigenvalue weighted by Crippen LogP contribution is -2.48. The maximum absolute atomic E-state index is 13.7. The standard InChI is InChI=1S/C16H19FN4O/c1-19-7-6-15(18-19)16(22)21-10-8-20(9-11-21)12-13-4-2-3-5-14(13)17/h2-7H,8-12H2,1H3. The third-order valence-electron chi connectivity index (χ3n) is 3.94. The topological polar surface area (TPSA) is 41.4 Å². The molecule has 1 aliphatic rings. The molecule has 1 aromatic heterocycles. The van der Waals surface area contributed by atoms with Crippen LogP contribution >= 0.6 is 0 Å². The summed E-state index contributed by atoms with van der Waals surface area (Å²) in [5.74, 6) is -0.208. The van der Waals surface area contributed by atoms with Gasteiger partial charge in [-0.1, -0.05) is 18.2 Å². The van der Waals surface area contributed by atoms with Gasteiger partial charge in [0.25, 0.3) is 5.91 Å². The third kappa shape index (κ3) is 3.17. The van der Waals surface area contributed by atoms with E-state index >= 15 is 0 Å². The van der Waals surface area contributed by atoms with Gasteiger partial charge in [0.2, 0.25) is 0 Å². The number of hydrogen-bond acceptors (Lipinski definition) is 3. The van der Waals surface area contributed by atoms with Crippen molar-refractivity contribution in [1.29, 1.82) is 0 Å². The number of rotatable bonds is 3. The Labute approximate surface area is 128 Å². The molecule has 1 saturated heterocycles. The zero-order valence-corrected chi connectivity index (χ0v) is 12.6. The zero-order chi connectivity index (χ0) is 15.5. The summed E-state index contributed by atoms with van der Waals surface area (Å²) in [4.78, 5) is 16.3. The highest BCUT2D eigenvalue weighted by Gasteiger charge is 2.23. The smallest absolute Gasteiger partial charge is 0.274 e. The van der Waals surface area contributed by atoms with Crippen LogP contribution in [-0.2, 0) is 13.6 Å². The Bertz CT molecular complexity index is 662. The first-order chi connectivity index (χ1) is 10.6. The molecule has 0 radical (unpaired) electrons. The highest BCUT2D eigenvalue weighted by Crippen LogP contribution is 2.13. The van der Waals surface area contributed by atoms with E-state index in [1.165, 1.54) is 6.07 Å². The third-order valence-corrected chi connectivity index (χ3v) is 3.94. The molecule has 0 unspecified atom stereocenters. The Hall–Kier alpha value is -2.21. The minimum atomic E-state index is -0.172. The molecule has 0 atom stereocenters. The van der Waals surface area contributed by atoms with Crippen LogP contribution in [0.3, 0.4) is 0 Å². The monoisotopic (exact) mass is 302 g/mol. The number of carbonyl (C=O) groups is 1. The Kier molecular flexibility index (Phi) is 4.20. The van der Waals surface area contributed by atoms with Crippen LogP contribution in [0.1, 0.15) is 16.1 Å². The molecule has 6 heteroatoms. The zero-order valence-electron chi connectivity index (χ0n) is 12.6. The maximum atomic E-state index is 13.7. The fourth-order valence-electron chi connectivity index (χ4n) is 2.67. The molecule has 0 N–H and O–H groups in total. The summed E-state index contributed by atoms with van der Waals surface area (Å²) in [6.07, 6.45) is 1.77. The van der Waals surface area contributed by atoms with Crippen molar-refractivity contribution in [3.05, 3.63) is 53.6 Å². The first kappa shape index (κ1) is 14.7. The molecule has 116 valence electrons. The maximum Gasteiger partial charge on any atom is 0.274 e. The number of nitrogens with zero attached hydrogens (tertiary/aromatic N) is 4. The van der Waals surface area contributed by atoms with E-state index < -0.39 is 0 Å². The van der Waals surface area contributed by atoms with Crippen LogP contribution in [0.4, 0.5) is 4.39 Å². The highest BCUT2D eigenvalue weighted by molar-refractivity contribution is 5.92. The molecule has 3 rings (SSSR count). The van der Waals surface area contributed by atoms with Gasteiger partial charge in [-0.05, 0) is 12.1 Å². The van der Waals surface area contributed by atoms with Gasteiger partial charge >= 0.3 is 0 Å². The van der Waals surface area contributed by atoms with Gasteiger partial charge in [0.15, 0.2) is 0 Å². The second-order valence-corrected chi connectivity index (χ2v) is 5.53. The van der Waals surface area contributed by atoms with Gasteiger partial charge < -0.3 is 4.90 Å². The number of aryl methyl sites for hydroxylation is 1. The molecule has 1 amide bonds. The van der Waals surface area contributed by atoms with E-state index in [9.17, 15) is 9.18 Å². The molecule has 5 nitrogen and oxygen atoms in total. The molecular weight excluding hydrogens is 283 g/mol. The number of amides is 1. The number of carbonyl (C=O) groups excluding carboxylic acids is 1. The van der Waals surface area contributed by atoms with Gasteiger partial charge in [0.05, 0.1) is 0 Å². The Morgan fingerprint density at radius 1 is 1.18 bits per heavy atom. The van der Waals surface area contributed by atoms with Gasteiger partial charge in [-0.15, -0.1) is 0 Å². The van der Waals surface area contributed by atoms with E-state index in [0.717, 1.165) is 13.1 Å². The molecule has 22 heavy (non-hydrogen) atoms. The van der Waals surface area contributed by atoms with E-state index in [4.69, 9.17) is 0 Å². The van der Waals surface area contributed by atoms with Crippen molar-refractivity contribution in [2.24, 2.45) is 7.05 Å². The van der Waals surface area contributed by atoms with Crippen molar-refractivity contribution >= 4 is 5.91 Å². The predicted octanol–water partition coefficient (Wildman–Crippen LogP) is 1.52. The van der Waals surface area contributed by atoms with Crippen LogP contribution in [0, 0.1) is 5.82 Å². The van der Waals surface area contributed by atoms with Crippen LogP contribution in [0.15, 0.2) is 36.5 Å². The van der Waals surface area contributed by atoms with Crippen molar-refractivity contribution < 1.29 is 9.18 Å². The van der Waals surface area contributed by atoms with E-state index in [1.54, 1.807) is 41.0 Å². The number of benzene rings is 1. The molecular formula is C16H19FN4O. The van der Waals surface area contributed by atoms with E-state index in [1.807, 2.05) is 6.07 Å². The average Bonchev–Trinajstić information content (AvgIpc) is 2.96. The van der Waals surface area contributed by atoms with E-state index in [-0.39, 0.29) is 11.7 Å². The fraction of sp³-hybridized carbons (Fsp3) is 0.375. The van der Waals surface area contributed by atoms with Gasteiger partial charge in [-0.25, -0.2) is 4.39 Å². The first-order valence-corrected chi connectivity index (χ1v) is 7.38. The lowest BCUT2D eigenvalue weighted by Gasteiger charge is -2.34. The molecule has 1 fully saturated rings. The quantitative estimate of drug-likeness (QED) is 0.863. The summed E-state index contributed by atoms with van der Waals surface area (Å²) in [6.45, 7) is 3.35. The highest BCUT2D eigenvalue weighted by atomic mass is 19.1. The average molecular weight is 302 g/mol.